The van der Waals surface area contributed by atoms with Crippen LogP contribution in [-0.2, 0) is 0 Å². The van der Waals surface area contributed by atoms with Crippen LogP contribution >= 0.6 is 15.9 Å². The number of halogens is 1. The predicted octanol–water partition coefficient (Wildman–Crippen LogP) is 3.09. The van der Waals surface area contributed by atoms with Gasteiger partial charge in [-0.2, -0.15) is 0 Å². The van der Waals surface area contributed by atoms with Crippen molar-refractivity contribution in [3.8, 4) is 0 Å². The lowest BCUT2D eigenvalue weighted by atomic mass is 10.1. The Morgan fingerprint density at radius 2 is 1.86 bits per heavy atom. The summed E-state index contributed by atoms with van der Waals surface area (Å²) in [6.45, 7) is 0. The molecule has 0 saturated carbocycles. The van der Waals surface area contributed by atoms with Gasteiger partial charge in [-0.3, -0.25) is 9.88 Å². The standard InChI is InChI=1S/C15H12BrN5/c16-10-6-2-1-5-9(10)13-19-14(17)20-15-18-11-7-3-4-8-12(11)21(13)15/h1-8,13H,(H3,17,18,19,20). The molecule has 2 aromatic carbocycles. The third-order valence-electron chi connectivity index (χ3n) is 3.53. The highest BCUT2D eigenvalue weighted by molar-refractivity contribution is 9.10. The molecule has 5 nitrogen and oxygen atoms in total. The molecule has 3 aromatic rings. The van der Waals surface area contributed by atoms with Crippen LogP contribution in [0, 0.1) is 0 Å². The van der Waals surface area contributed by atoms with Crippen LogP contribution in [0.3, 0.4) is 0 Å². The number of guanidine groups is 1. The summed E-state index contributed by atoms with van der Waals surface area (Å²) in [6.07, 6.45) is -0.232. The Morgan fingerprint density at radius 1 is 1.10 bits per heavy atom. The summed E-state index contributed by atoms with van der Waals surface area (Å²) >= 11 is 3.59. The van der Waals surface area contributed by atoms with Crippen molar-refractivity contribution in [3.05, 3.63) is 58.6 Å². The zero-order valence-electron chi connectivity index (χ0n) is 11.0. The molecule has 0 aliphatic carbocycles. The molecule has 1 aliphatic rings. The fourth-order valence-corrected chi connectivity index (χ4v) is 3.10. The molecular formula is C15H12BrN5. The monoisotopic (exact) mass is 341 g/mol. The van der Waals surface area contributed by atoms with Gasteiger partial charge in [0.05, 0.1) is 11.0 Å². The highest BCUT2D eigenvalue weighted by Crippen LogP contribution is 2.35. The van der Waals surface area contributed by atoms with Gasteiger partial charge in [-0.15, -0.1) is 0 Å². The van der Waals surface area contributed by atoms with Crippen LogP contribution in [0.1, 0.15) is 11.7 Å². The van der Waals surface area contributed by atoms with Crippen molar-refractivity contribution in [2.75, 3.05) is 5.32 Å². The Labute approximate surface area is 129 Å². The first kappa shape index (κ1) is 12.4. The Bertz CT molecular complexity index is 867. The van der Waals surface area contributed by atoms with E-state index in [4.69, 9.17) is 5.73 Å². The molecule has 3 N–H and O–H groups in total. The van der Waals surface area contributed by atoms with Crippen molar-refractivity contribution in [2.45, 2.75) is 6.17 Å². The smallest absolute Gasteiger partial charge is 0.212 e. The van der Waals surface area contributed by atoms with E-state index in [2.05, 4.69) is 35.8 Å². The van der Waals surface area contributed by atoms with Gasteiger partial charge in [0.15, 0.2) is 12.1 Å². The molecule has 0 bridgehead atoms. The fourth-order valence-electron chi connectivity index (χ4n) is 2.61. The average Bonchev–Trinajstić information content (AvgIpc) is 2.85. The number of aliphatic imine (C=N–C) groups is 1. The van der Waals surface area contributed by atoms with E-state index in [1.54, 1.807) is 0 Å². The van der Waals surface area contributed by atoms with Gasteiger partial charge >= 0.3 is 0 Å². The minimum absolute atomic E-state index is 0.232. The minimum Gasteiger partial charge on any atom is -0.370 e. The van der Waals surface area contributed by atoms with Crippen LogP contribution in [0.5, 0.6) is 0 Å². The van der Waals surface area contributed by atoms with Crippen LogP contribution in [0.15, 0.2) is 58.0 Å². The number of nitrogens with zero attached hydrogens (tertiary/aromatic N) is 3. The summed E-state index contributed by atoms with van der Waals surface area (Å²) in [5.41, 5.74) is 8.91. The highest BCUT2D eigenvalue weighted by Gasteiger charge is 2.25. The topological polar surface area (TPSA) is 68.2 Å². The van der Waals surface area contributed by atoms with E-state index in [0.717, 1.165) is 21.1 Å². The molecule has 0 amide bonds. The lowest BCUT2D eigenvalue weighted by Crippen LogP contribution is -2.31. The van der Waals surface area contributed by atoms with Gasteiger partial charge in [-0.05, 0) is 18.2 Å². The number of imidazole rings is 1. The number of hydrogen-bond acceptors (Lipinski definition) is 4. The Hall–Kier alpha value is -2.34. The van der Waals surface area contributed by atoms with Gasteiger partial charge < -0.3 is 5.73 Å². The van der Waals surface area contributed by atoms with Crippen LogP contribution in [-0.4, -0.2) is 15.5 Å². The third kappa shape index (κ3) is 1.91. The average molecular weight is 342 g/mol. The number of fused-ring (bicyclic) bond motifs is 3. The molecule has 1 atom stereocenters. The van der Waals surface area contributed by atoms with Crippen LogP contribution < -0.4 is 11.1 Å². The maximum atomic E-state index is 5.92. The number of nitrogens with one attached hydrogen (secondary N) is 1. The number of rotatable bonds is 1. The number of anilines is 1. The molecule has 4 rings (SSSR count). The second-order valence-corrected chi connectivity index (χ2v) is 5.68. The van der Waals surface area contributed by atoms with E-state index in [9.17, 15) is 0 Å². The van der Waals surface area contributed by atoms with Gasteiger partial charge in [-0.1, -0.05) is 46.3 Å². The van der Waals surface area contributed by atoms with Gasteiger partial charge in [0.1, 0.15) is 0 Å². The SMILES string of the molecule is NC1=NC(c2ccccc2Br)n2c(nc3ccccc32)N1. The fraction of sp³-hybridized carbons (Fsp3) is 0.0667. The molecule has 21 heavy (non-hydrogen) atoms. The maximum absolute atomic E-state index is 5.92. The molecule has 6 heteroatoms. The van der Waals surface area contributed by atoms with Crippen molar-refractivity contribution in [1.29, 1.82) is 0 Å². The largest absolute Gasteiger partial charge is 0.370 e. The summed E-state index contributed by atoms with van der Waals surface area (Å²) < 4.78 is 3.06. The van der Waals surface area contributed by atoms with E-state index in [-0.39, 0.29) is 6.17 Å². The van der Waals surface area contributed by atoms with Gasteiger partial charge in [0, 0.05) is 10.0 Å². The molecule has 0 spiro atoms. The van der Waals surface area contributed by atoms with Crippen molar-refractivity contribution < 1.29 is 0 Å². The van der Waals surface area contributed by atoms with Crippen LogP contribution in [0.4, 0.5) is 5.95 Å². The first-order valence-corrected chi connectivity index (χ1v) is 7.35. The summed E-state index contributed by atoms with van der Waals surface area (Å²) in [7, 11) is 0. The maximum Gasteiger partial charge on any atom is 0.212 e. The summed E-state index contributed by atoms with van der Waals surface area (Å²) in [4.78, 5) is 9.14. The number of para-hydroxylation sites is 2. The molecule has 104 valence electrons. The molecule has 1 aromatic heterocycles. The Morgan fingerprint density at radius 3 is 2.71 bits per heavy atom. The van der Waals surface area contributed by atoms with E-state index in [1.807, 2.05) is 48.5 Å². The summed E-state index contributed by atoms with van der Waals surface area (Å²) in [5.74, 6) is 1.09. The van der Waals surface area contributed by atoms with Gasteiger partial charge in [-0.25, -0.2) is 9.98 Å². The van der Waals surface area contributed by atoms with E-state index in [0.29, 0.717) is 11.9 Å². The van der Waals surface area contributed by atoms with E-state index in [1.165, 1.54) is 0 Å². The molecule has 0 fully saturated rings. The highest BCUT2D eigenvalue weighted by atomic mass is 79.9. The second-order valence-electron chi connectivity index (χ2n) is 4.83. The second kappa shape index (κ2) is 4.60. The van der Waals surface area contributed by atoms with Gasteiger partial charge in [0.2, 0.25) is 5.95 Å². The first-order chi connectivity index (χ1) is 10.2. The molecule has 2 heterocycles. The predicted molar refractivity (Wildman–Crippen MR) is 87.3 cm³/mol. The summed E-state index contributed by atoms with van der Waals surface area (Å²) in [6, 6.07) is 16.0. The molecule has 0 radical (unpaired) electrons. The molecule has 0 saturated heterocycles. The molecule has 1 aliphatic heterocycles. The Kier molecular flexibility index (Phi) is 2.71. The van der Waals surface area contributed by atoms with Crippen molar-refractivity contribution >= 4 is 38.9 Å². The van der Waals surface area contributed by atoms with Crippen LogP contribution in [0.25, 0.3) is 11.0 Å². The number of benzene rings is 2. The van der Waals surface area contributed by atoms with E-state index >= 15 is 0 Å². The number of hydrogen-bond donors (Lipinski definition) is 2. The molecule has 1 unspecified atom stereocenters. The quantitative estimate of drug-likeness (QED) is 0.714. The number of aromatic nitrogens is 2. The number of nitrogens with two attached hydrogens (primary N) is 1. The lowest BCUT2D eigenvalue weighted by molar-refractivity contribution is 0.623. The van der Waals surface area contributed by atoms with Crippen molar-refractivity contribution in [1.82, 2.24) is 9.55 Å². The van der Waals surface area contributed by atoms with Gasteiger partial charge in [0.25, 0.3) is 0 Å². The minimum atomic E-state index is -0.232. The lowest BCUT2D eigenvalue weighted by Gasteiger charge is -2.24. The van der Waals surface area contributed by atoms with E-state index < -0.39 is 0 Å². The summed E-state index contributed by atoms with van der Waals surface area (Å²) in [5, 5.41) is 3.03. The molecular weight excluding hydrogens is 330 g/mol. The van der Waals surface area contributed by atoms with Crippen molar-refractivity contribution in [2.24, 2.45) is 10.7 Å². The zero-order chi connectivity index (χ0) is 14.4. The Balaban J connectivity index is 2.00. The first-order valence-electron chi connectivity index (χ1n) is 6.56. The zero-order valence-corrected chi connectivity index (χ0v) is 12.6. The third-order valence-corrected chi connectivity index (χ3v) is 4.25. The van der Waals surface area contributed by atoms with Crippen LogP contribution in [0.2, 0.25) is 0 Å². The van der Waals surface area contributed by atoms with Crippen molar-refractivity contribution in [3.63, 3.8) is 0 Å². The normalized spacial score (nSPS) is 17.2.